The van der Waals surface area contributed by atoms with E-state index in [0.29, 0.717) is 6.54 Å². The third-order valence-corrected chi connectivity index (χ3v) is 2.73. The van der Waals surface area contributed by atoms with Crippen molar-refractivity contribution in [2.75, 3.05) is 0 Å². The second-order valence-electron chi connectivity index (χ2n) is 3.76. The summed E-state index contributed by atoms with van der Waals surface area (Å²) < 4.78 is 2.20. The van der Waals surface area contributed by atoms with Gasteiger partial charge in [-0.15, -0.1) is 0 Å². The highest BCUT2D eigenvalue weighted by molar-refractivity contribution is 5.26. The van der Waals surface area contributed by atoms with Crippen LogP contribution in [0.5, 0.6) is 0 Å². The third kappa shape index (κ3) is 2.10. The Labute approximate surface area is 90.3 Å². The Morgan fingerprint density at radius 2 is 1.93 bits per heavy atom. The van der Waals surface area contributed by atoms with Crippen molar-refractivity contribution in [3.63, 3.8) is 0 Å². The van der Waals surface area contributed by atoms with Crippen LogP contribution in [0.25, 0.3) is 0 Å². The van der Waals surface area contributed by atoms with Gasteiger partial charge in [0.1, 0.15) is 0 Å². The number of hydrogen-bond acceptors (Lipinski definition) is 1. The number of benzene rings is 1. The lowest BCUT2D eigenvalue weighted by Gasteiger charge is -2.09. The van der Waals surface area contributed by atoms with Crippen LogP contribution in [0.1, 0.15) is 16.8 Å². The molecule has 2 nitrogen and oxygen atoms in total. The Balaban J connectivity index is 2.26. The molecule has 2 N–H and O–H groups in total. The second-order valence-corrected chi connectivity index (χ2v) is 3.76. The van der Waals surface area contributed by atoms with E-state index >= 15 is 0 Å². The average Bonchev–Trinajstić information content (AvgIpc) is 2.69. The first kappa shape index (κ1) is 9.99. The summed E-state index contributed by atoms with van der Waals surface area (Å²) in [5.41, 5.74) is 9.52. The molecule has 78 valence electrons. The highest BCUT2D eigenvalue weighted by Crippen LogP contribution is 2.11. The lowest BCUT2D eigenvalue weighted by atomic mass is 10.1. The van der Waals surface area contributed by atoms with Crippen molar-refractivity contribution in [1.82, 2.24) is 4.57 Å². The molecule has 15 heavy (non-hydrogen) atoms. The summed E-state index contributed by atoms with van der Waals surface area (Å²) in [4.78, 5) is 0. The van der Waals surface area contributed by atoms with Gasteiger partial charge in [-0.05, 0) is 30.2 Å². The Morgan fingerprint density at radius 1 is 1.13 bits per heavy atom. The van der Waals surface area contributed by atoms with Crippen molar-refractivity contribution in [3.8, 4) is 0 Å². The topological polar surface area (TPSA) is 30.9 Å². The van der Waals surface area contributed by atoms with Gasteiger partial charge in [0.05, 0.1) is 0 Å². The predicted molar refractivity (Wildman–Crippen MR) is 62.6 cm³/mol. The van der Waals surface area contributed by atoms with E-state index in [0.717, 1.165) is 6.54 Å². The minimum absolute atomic E-state index is 0.596. The second kappa shape index (κ2) is 4.32. The average molecular weight is 200 g/mol. The molecule has 1 aromatic heterocycles. The number of aryl methyl sites for hydroxylation is 1. The predicted octanol–water partition coefficient (Wildman–Crippen LogP) is 2.30. The van der Waals surface area contributed by atoms with Gasteiger partial charge in [-0.2, -0.15) is 0 Å². The van der Waals surface area contributed by atoms with Crippen molar-refractivity contribution < 1.29 is 0 Å². The van der Waals surface area contributed by atoms with Gasteiger partial charge in [-0.3, -0.25) is 0 Å². The molecule has 0 aliphatic rings. The summed E-state index contributed by atoms with van der Waals surface area (Å²) in [7, 11) is 0. The third-order valence-electron chi connectivity index (χ3n) is 2.73. The van der Waals surface area contributed by atoms with Gasteiger partial charge < -0.3 is 10.3 Å². The monoisotopic (exact) mass is 200 g/mol. The van der Waals surface area contributed by atoms with Crippen molar-refractivity contribution >= 4 is 0 Å². The van der Waals surface area contributed by atoms with E-state index in [4.69, 9.17) is 5.73 Å². The van der Waals surface area contributed by atoms with Gasteiger partial charge in [0.2, 0.25) is 0 Å². The molecule has 1 heterocycles. The van der Waals surface area contributed by atoms with E-state index in [-0.39, 0.29) is 0 Å². The number of nitrogens with two attached hydrogens (primary N) is 1. The lowest BCUT2D eigenvalue weighted by molar-refractivity contribution is 0.740. The van der Waals surface area contributed by atoms with Crippen LogP contribution in [0, 0.1) is 6.92 Å². The van der Waals surface area contributed by atoms with Gasteiger partial charge >= 0.3 is 0 Å². The minimum atomic E-state index is 0.596. The Morgan fingerprint density at radius 3 is 2.67 bits per heavy atom. The Bertz CT molecular complexity index is 443. The van der Waals surface area contributed by atoms with Crippen LogP contribution in [0.15, 0.2) is 42.6 Å². The van der Waals surface area contributed by atoms with Crippen molar-refractivity contribution in [3.05, 3.63) is 59.4 Å². The summed E-state index contributed by atoms with van der Waals surface area (Å²) >= 11 is 0. The van der Waals surface area contributed by atoms with E-state index in [1.807, 2.05) is 6.07 Å². The van der Waals surface area contributed by atoms with E-state index in [1.54, 1.807) is 0 Å². The maximum absolute atomic E-state index is 5.67. The summed E-state index contributed by atoms with van der Waals surface area (Å²) in [6, 6.07) is 12.6. The van der Waals surface area contributed by atoms with Crippen molar-refractivity contribution in [2.45, 2.75) is 20.0 Å². The molecule has 2 rings (SSSR count). The standard InChI is InChI=1S/C13H16N2/c1-11-5-2-3-6-12(11)10-15-8-4-7-13(15)9-14/h2-8H,9-10,14H2,1H3. The fourth-order valence-electron chi connectivity index (χ4n) is 1.76. The van der Waals surface area contributed by atoms with Crippen LogP contribution < -0.4 is 5.73 Å². The van der Waals surface area contributed by atoms with E-state index < -0.39 is 0 Å². The fraction of sp³-hybridized carbons (Fsp3) is 0.231. The molecule has 0 bridgehead atoms. The molecular formula is C13H16N2. The highest BCUT2D eigenvalue weighted by Gasteiger charge is 2.01. The molecule has 1 aromatic carbocycles. The van der Waals surface area contributed by atoms with Crippen LogP contribution >= 0.6 is 0 Å². The minimum Gasteiger partial charge on any atom is -0.346 e. The lowest BCUT2D eigenvalue weighted by Crippen LogP contribution is -2.08. The first-order chi connectivity index (χ1) is 7.31. The molecule has 2 aromatic rings. The quantitative estimate of drug-likeness (QED) is 0.809. The molecule has 0 saturated carbocycles. The zero-order valence-electron chi connectivity index (χ0n) is 8.98. The van der Waals surface area contributed by atoms with Crippen molar-refractivity contribution in [1.29, 1.82) is 0 Å². The summed E-state index contributed by atoms with van der Waals surface area (Å²) in [6.07, 6.45) is 2.08. The number of rotatable bonds is 3. The van der Waals surface area contributed by atoms with Crippen molar-refractivity contribution in [2.24, 2.45) is 5.73 Å². The molecule has 2 heteroatoms. The summed E-state index contributed by atoms with van der Waals surface area (Å²) in [5, 5.41) is 0. The maximum atomic E-state index is 5.67. The molecule has 0 spiro atoms. The normalized spacial score (nSPS) is 10.5. The van der Waals surface area contributed by atoms with Crippen LogP contribution in [0.3, 0.4) is 0 Å². The van der Waals surface area contributed by atoms with E-state index in [1.165, 1.54) is 16.8 Å². The molecule has 0 unspecified atom stereocenters. The zero-order valence-corrected chi connectivity index (χ0v) is 8.98. The molecular weight excluding hydrogens is 184 g/mol. The number of hydrogen-bond donors (Lipinski definition) is 1. The highest BCUT2D eigenvalue weighted by atomic mass is 15.0. The number of aromatic nitrogens is 1. The van der Waals surface area contributed by atoms with Gasteiger partial charge in [-0.1, -0.05) is 24.3 Å². The Hall–Kier alpha value is -1.54. The maximum Gasteiger partial charge on any atom is 0.0476 e. The molecule has 0 radical (unpaired) electrons. The van der Waals surface area contributed by atoms with E-state index in [2.05, 4.69) is 48.0 Å². The molecule has 0 amide bonds. The van der Waals surface area contributed by atoms with Gasteiger partial charge in [0.15, 0.2) is 0 Å². The molecule has 0 aliphatic carbocycles. The van der Waals surface area contributed by atoms with Gasteiger partial charge in [-0.25, -0.2) is 0 Å². The van der Waals surface area contributed by atoms with Gasteiger partial charge in [0.25, 0.3) is 0 Å². The molecule has 0 aliphatic heterocycles. The summed E-state index contributed by atoms with van der Waals surface area (Å²) in [6.45, 7) is 3.64. The molecule has 0 fully saturated rings. The molecule has 0 atom stereocenters. The fourth-order valence-corrected chi connectivity index (χ4v) is 1.76. The van der Waals surface area contributed by atoms with Gasteiger partial charge in [0, 0.05) is 25.0 Å². The first-order valence-corrected chi connectivity index (χ1v) is 5.20. The van der Waals surface area contributed by atoms with Crippen LogP contribution in [-0.2, 0) is 13.1 Å². The van der Waals surface area contributed by atoms with E-state index in [9.17, 15) is 0 Å². The zero-order chi connectivity index (χ0) is 10.7. The first-order valence-electron chi connectivity index (χ1n) is 5.20. The van der Waals surface area contributed by atoms with Crippen LogP contribution in [0.4, 0.5) is 0 Å². The smallest absolute Gasteiger partial charge is 0.0476 e. The van der Waals surface area contributed by atoms with Crippen LogP contribution in [-0.4, -0.2) is 4.57 Å². The Kier molecular flexibility index (Phi) is 2.88. The van der Waals surface area contributed by atoms with Crippen LogP contribution in [0.2, 0.25) is 0 Å². The molecule has 0 saturated heterocycles. The largest absolute Gasteiger partial charge is 0.346 e. The SMILES string of the molecule is Cc1ccccc1Cn1cccc1CN. The summed E-state index contributed by atoms with van der Waals surface area (Å²) in [5.74, 6) is 0. The number of nitrogens with zero attached hydrogens (tertiary/aromatic N) is 1.